The van der Waals surface area contributed by atoms with E-state index >= 15 is 0 Å². The van der Waals surface area contributed by atoms with Crippen LogP contribution in [0.2, 0.25) is 0 Å². The summed E-state index contributed by atoms with van der Waals surface area (Å²) in [5.41, 5.74) is 29.2. The van der Waals surface area contributed by atoms with Crippen molar-refractivity contribution in [3.63, 3.8) is 0 Å². The number of nitrogens with two attached hydrogens (primary N) is 5. The molecule has 0 aromatic heterocycles. The summed E-state index contributed by atoms with van der Waals surface area (Å²) in [4.78, 5) is 148. The van der Waals surface area contributed by atoms with Crippen LogP contribution in [0, 0.1) is 11.8 Å². The first kappa shape index (κ1) is 70.4. The second-order valence-corrected chi connectivity index (χ2v) is 22.8. The molecule has 2 aromatic carbocycles. The number of carbonyl (C=O) groups is 10. The lowest BCUT2D eigenvalue weighted by molar-refractivity contribution is -0.148. The number of nitrogens with zero attached hydrogens (tertiary/aromatic N) is 4. The van der Waals surface area contributed by atoms with Gasteiger partial charge in [-0.05, 0) is 74.3 Å². The van der Waals surface area contributed by atoms with Gasteiger partial charge in [-0.25, -0.2) is 4.79 Å². The van der Waals surface area contributed by atoms with E-state index in [1.807, 2.05) is 27.7 Å². The van der Waals surface area contributed by atoms with Gasteiger partial charge in [0.1, 0.15) is 48.3 Å². The molecule has 9 amide bonds. The number of benzene rings is 2. The Morgan fingerprint density at radius 2 is 1.09 bits per heavy atom. The average Bonchev–Trinajstić information content (AvgIpc) is 2.06. The first-order valence-electron chi connectivity index (χ1n) is 28.9. The highest BCUT2D eigenvalue weighted by Gasteiger charge is 2.46. The predicted octanol–water partition coefficient (Wildman–Crippen LogP) is -3.01. The molecule has 19 N–H and O–H groups in total. The van der Waals surface area contributed by atoms with Gasteiger partial charge in [0.2, 0.25) is 53.2 Å². The molecule has 10 atom stereocenters. The summed E-state index contributed by atoms with van der Waals surface area (Å²) in [7, 11) is 0. The van der Waals surface area contributed by atoms with Gasteiger partial charge in [-0.15, -0.1) is 0 Å². The normalized spacial score (nSPS) is 18.0. The number of guanidine groups is 2. The smallest absolute Gasteiger partial charge is 0.326 e. The van der Waals surface area contributed by atoms with E-state index in [9.17, 15) is 58.2 Å². The second kappa shape index (κ2) is 35.4. The third kappa shape index (κ3) is 23.4. The van der Waals surface area contributed by atoms with Crippen LogP contribution in [0.5, 0.6) is 0 Å². The number of likely N-dealkylation sites (tertiary alicyclic amines) is 2. The van der Waals surface area contributed by atoms with E-state index in [0.717, 1.165) is 4.90 Å². The fourth-order valence-electron chi connectivity index (χ4n) is 10.0. The number of amides is 9. The van der Waals surface area contributed by atoms with E-state index in [1.165, 1.54) is 4.90 Å². The lowest BCUT2D eigenvalue weighted by Gasteiger charge is -2.33. The number of aliphatic imine (C=N–C) groups is 2. The molecular formula is C57H88N16O12S. The van der Waals surface area contributed by atoms with Crippen LogP contribution in [0.3, 0.4) is 0 Å². The third-order valence-electron chi connectivity index (χ3n) is 14.3. The molecule has 2 aliphatic heterocycles. The van der Waals surface area contributed by atoms with Gasteiger partial charge in [-0.3, -0.25) is 53.1 Å². The van der Waals surface area contributed by atoms with E-state index in [4.69, 9.17) is 28.7 Å². The molecule has 0 unspecified atom stereocenters. The molecule has 2 saturated heterocycles. The summed E-state index contributed by atoms with van der Waals surface area (Å²) in [6.07, 6.45) is 0.289. The number of hydrogen-bond donors (Lipinski definition) is 15. The zero-order valence-corrected chi connectivity index (χ0v) is 50.2. The number of rotatable bonds is 34. The Hall–Kier alpha value is -8.05. The zero-order valence-electron chi connectivity index (χ0n) is 49.3. The summed E-state index contributed by atoms with van der Waals surface area (Å²) in [5.74, 6) is -8.64. The largest absolute Gasteiger partial charge is 0.480 e. The van der Waals surface area contributed by atoms with Crippen LogP contribution in [0.15, 0.2) is 70.6 Å². The number of carboxylic acid groups (broad SMARTS) is 1. The predicted molar refractivity (Wildman–Crippen MR) is 324 cm³/mol. The van der Waals surface area contributed by atoms with Gasteiger partial charge >= 0.3 is 5.97 Å². The molecule has 4 rings (SSSR count). The molecular weight excluding hydrogens is 1130 g/mol. The van der Waals surface area contributed by atoms with Crippen molar-refractivity contribution in [1.29, 1.82) is 0 Å². The Morgan fingerprint density at radius 1 is 0.616 bits per heavy atom. The molecule has 2 heterocycles. The van der Waals surface area contributed by atoms with E-state index in [2.05, 4.69) is 59.8 Å². The minimum Gasteiger partial charge on any atom is -0.480 e. The summed E-state index contributed by atoms with van der Waals surface area (Å²) in [6.45, 7) is 6.80. The van der Waals surface area contributed by atoms with Gasteiger partial charge in [0.25, 0.3) is 0 Å². The maximum Gasteiger partial charge on any atom is 0.326 e. The van der Waals surface area contributed by atoms with E-state index in [1.54, 1.807) is 60.7 Å². The van der Waals surface area contributed by atoms with Gasteiger partial charge < -0.3 is 85.9 Å². The van der Waals surface area contributed by atoms with Crippen molar-refractivity contribution in [2.45, 2.75) is 159 Å². The van der Waals surface area contributed by atoms with Crippen molar-refractivity contribution in [1.82, 2.24) is 47.0 Å². The van der Waals surface area contributed by atoms with E-state index in [-0.39, 0.29) is 113 Å². The molecule has 0 spiro atoms. The van der Waals surface area contributed by atoms with Crippen LogP contribution in [0.25, 0.3) is 0 Å². The van der Waals surface area contributed by atoms with Crippen LogP contribution in [-0.4, -0.2) is 190 Å². The fraction of sp³-hybridized carbons (Fsp3) is 0.579. The first-order chi connectivity index (χ1) is 40.8. The third-order valence-corrected chi connectivity index (χ3v) is 14.7. The summed E-state index contributed by atoms with van der Waals surface area (Å²) in [5, 5.41) is 39.1. The first-order valence-corrected chi connectivity index (χ1v) is 29.6. The number of nitrogens with one attached hydrogen (secondary N) is 7. The number of aliphatic hydroxyl groups excluding tert-OH is 1. The maximum atomic E-state index is 14.4. The van der Waals surface area contributed by atoms with E-state index in [0.29, 0.717) is 24.0 Å². The number of carboxylic acids is 1. The van der Waals surface area contributed by atoms with E-state index < -0.39 is 126 Å². The minimum atomic E-state index is -1.39. The standard InChI is InChI=1S/C57H88N16O12S/c1-32(2)24-39(48(77)70-42(55(84)85)25-33(3)4)68-50(79)41(27-35-16-9-6-10-17-35)69-51(80)43(31-86)71-49(78)40(26-34-14-7-5-8-15-34)66-46(75)29-65-52(81)45-28-36(74)30-73(45)54(83)44-20-13-23-72(44)53(82)38(19-12-22-64-57(61)62)67-47(76)37(58)18-11-21-63-56(59)60/h5-10,14-17,32-33,36-45,74,86H,11-13,18-31,58H2,1-4H3,(H,65,81)(H,66,75)(H,67,76)(H,68,79)(H,69,80)(H,70,77)(H,71,78)(H,84,85)(H4,59,60,63)(H4,61,62,64)/t36-,37-,38+,39+,40+,41-,42+,43+,44+,45+/m1/s1. The summed E-state index contributed by atoms with van der Waals surface area (Å²) >= 11 is 4.35. The molecule has 2 aromatic rings. The SMILES string of the molecule is CC(C)C[C@H](NC(=O)[C@H](CC(C)C)NC(=O)[C@@H](Cc1ccccc1)NC(=O)[C@H](CS)NC(=O)[C@H](Cc1ccccc1)NC(=O)CNC(=O)[C@@H]1C[C@@H](O)CN1C(=O)[C@@H]1CCCN1C(=O)[C@H](CCCN=C(N)N)NC(=O)[C@H](N)CCCN=C(N)N)C(=O)O. The summed E-state index contributed by atoms with van der Waals surface area (Å²) < 4.78 is 0. The summed E-state index contributed by atoms with van der Waals surface area (Å²) in [6, 6.07) is 6.31. The van der Waals surface area contributed by atoms with Gasteiger partial charge in [0.15, 0.2) is 11.9 Å². The molecule has 86 heavy (non-hydrogen) atoms. The Bertz CT molecular complexity index is 2680. The van der Waals surface area contributed by atoms with Crippen LogP contribution in [0.1, 0.15) is 96.6 Å². The molecule has 0 saturated carbocycles. The number of thiol groups is 1. The van der Waals surface area contributed by atoms with Crippen LogP contribution >= 0.6 is 12.6 Å². The monoisotopic (exact) mass is 1220 g/mol. The second-order valence-electron chi connectivity index (χ2n) is 22.4. The Balaban J connectivity index is 1.47. The molecule has 2 aliphatic rings. The maximum absolute atomic E-state index is 14.4. The average molecular weight is 1220 g/mol. The topological polar surface area (TPSA) is 457 Å². The molecule has 28 nitrogen and oxygen atoms in total. The minimum absolute atomic E-state index is 0.0533. The highest BCUT2D eigenvalue weighted by atomic mass is 32.1. The van der Waals surface area contributed by atoms with Gasteiger partial charge in [-0.2, -0.15) is 12.6 Å². The lowest BCUT2D eigenvalue weighted by Crippen LogP contribution is -2.60. The van der Waals surface area contributed by atoms with Crippen molar-refractivity contribution in [3.05, 3.63) is 71.8 Å². The van der Waals surface area contributed by atoms with Crippen LogP contribution < -0.4 is 65.9 Å². The van der Waals surface area contributed by atoms with Gasteiger partial charge in [0, 0.05) is 51.2 Å². The van der Waals surface area contributed by atoms with Crippen LogP contribution in [0.4, 0.5) is 0 Å². The molecule has 0 bridgehead atoms. The Labute approximate surface area is 506 Å². The number of aliphatic carboxylic acids is 1. The fourth-order valence-corrected chi connectivity index (χ4v) is 10.3. The lowest BCUT2D eigenvalue weighted by atomic mass is 9.99. The van der Waals surface area contributed by atoms with Crippen molar-refractivity contribution in [2.24, 2.45) is 50.5 Å². The molecule has 29 heteroatoms. The zero-order chi connectivity index (χ0) is 63.6. The van der Waals surface area contributed by atoms with Crippen molar-refractivity contribution in [3.8, 4) is 0 Å². The Morgan fingerprint density at radius 3 is 1.63 bits per heavy atom. The molecule has 0 aliphatic carbocycles. The molecule has 0 radical (unpaired) electrons. The highest BCUT2D eigenvalue weighted by molar-refractivity contribution is 7.80. The van der Waals surface area contributed by atoms with Gasteiger partial charge in [-0.1, -0.05) is 88.4 Å². The molecule has 474 valence electrons. The molecule has 2 fully saturated rings. The quantitative estimate of drug-likeness (QED) is 0.0144. The highest BCUT2D eigenvalue weighted by Crippen LogP contribution is 2.27. The van der Waals surface area contributed by atoms with Crippen molar-refractivity contribution < 1.29 is 58.2 Å². The number of hydrogen-bond acceptors (Lipinski definition) is 15. The number of aliphatic hydroxyl groups is 1. The van der Waals surface area contributed by atoms with Crippen molar-refractivity contribution in [2.75, 3.05) is 38.5 Å². The Kier molecular flexibility index (Phi) is 29.0. The number of β-amino-alcohol motifs (C(OH)–C–C–N with tert-alkyl or cyclic N) is 1. The van der Waals surface area contributed by atoms with Gasteiger partial charge in [0.05, 0.1) is 18.7 Å². The van der Waals surface area contributed by atoms with Crippen molar-refractivity contribution >= 4 is 83.7 Å². The van der Waals surface area contributed by atoms with Crippen LogP contribution in [-0.2, 0) is 60.8 Å². The number of carbonyl (C=O) groups excluding carboxylic acids is 9.